The van der Waals surface area contributed by atoms with E-state index in [4.69, 9.17) is 27.0 Å². The first-order valence-corrected chi connectivity index (χ1v) is 7.92. The van der Waals surface area contributed by atoms with Gasteiger partial charge in [-0.1, -0.05) is 11.6 Å². The van der Waals surface area contributed by atoms with Crippen LogP contribution in [0.15, 0.2) is 23.1 Å². The molecular formula is C11H13Cl2NO4S. The molecule has 1 N–H and O–H groups in total. The van der Waals surface area contributed by atoms with E-state index in [-0.39, 0.29) is 15.6 Å². The fourth-order valence-electron chi connectivity index (χ4n) is 1.17. The van der Waals surface area contributed by atoms with Crippen molar-refractivity contribution >= 4 is 43.1 Å². The summed E-state index contributed by atoms with van der Waals surface area (Å²) in [6.45, 7) is 5.11. The summed E-state index contributed by atoms with van der Waals surface area (Å²) in [5.74, 6) is 0. The van der Waals surface area contributed by atoms with Gasteiger partial charge in [0.05, 0.1) is 15.6 Å². The van der Waals surface area contributed by atoms with Crippen LogP contribution < -0.4 is 5.32 Å². The maximum atomic E-state index is 11.6. The van der Waals surface area contributed by atoms with Crippen molar-refractivity contribution in [1.82, 2.24) is 0 Å². The number of benzene rings is 1. The summed E-state index contributed by atoms with van der Waals surface area (Å²) in [5, 5.41) is 2.54. The summed E-state index contributed by atoms with van der Waals surface area (Å²) in [6, 6.07) is 3.73. The molecule has 0 radical (unpaired) electrons. The molecule has 19 heavy (non-hydrogen) atoms. The number of hydrogen-bond donors (Lipinski definition) is 1. The maximum Gasteiger partial charge on any atom is 0.412 e. The summed E-state index contributed by atoms with van der Waals surface area (Å²) >= 11 is 5.85. The monoisotopic (exact) mass is 325 g/mol. The van der Waals surface area contributed by atoms with Crippen molar-refractivity contribution in [3.63, 3.8) is 0 Å². The smallest absolute Gasteiger partial charge is 0.412 e. The summed E-state index contributed by atoms with van der Waals surface area (Å²) in [4.78, 5) is 11.4. The topological polar surface area (TPSA) is 72.5 Å². The predicted molar refractivity (Wildman–Crippen MR) is 74.3 cm³/mol. The standard InChI is InChI=1S/C11H13Cl2NO4S/c1-11(2,3)18-10(15)14-9-6-7(19(13,16)17)4-5-8(9)12/h4-6H,1-3H3,(H,14,15). The van der Waals surface area contributed by atoms with E-state index >= 15 is 0 Å². The van der Waals surface area contributed by atoms with Crippen molar-refractivity contribution in [1.29, 1.82) is 0 Å². The zero-order valence-corrected chi connectivity index (χ0v) is 12.9. The summed E-state index contributed by atoms with van der Waals surface area (Å²) in [5.41, 5.74) is -0.565. The molecule has 1 aromatic carbocycles. The Balaban J connectivity index is 2.99. The third kappa shape index (κ3) is 5.26. The van der Waals surface area contributed by atoms with Gasteiger partial charge in [0.1, 0.15) is 5.60 Å². The van der Waals surface area contributed by atoms with Gasteiger partial charge in [-0.25, -0.2) is 13.2 Å². The third-order valence-electron chi connectivity index (χ3n) is 1.85. The van der Waals surface area contributed by atoms with E-state index in [9.17, 15) is 13.2 Å². The minimum atomic E-state index is -3.89. The normalized spacial score (nSPS) is 12.1. The third-order valence-corrected chi connectivity index (χ3v) is 3.54. The molecule has 0 atom stereocenters. The van der Waals surface area contributed by atoms with Gasteiger partial charge in [0.15, 0.2) is 0 Å². The van der Waals surface area contributed by atoms with Crippen LogP contribution in [0.3, 0.4) is 0 Å². The Bertz CT molecular complexity index is 593. The number of anilines is 1. The molecule has 0 saturated heterocycles. The first kappa shape index (κ1) is 16.1. The van der Waals surface area contributed by atoms with Gasteiger partial charge in [-0.05, 0) is 39.0 Å². The minimum absolute atomic E-state index is 0.109. The lowest BCUT2D eigenvalue weighted by atomic mass is 10.2. The highest BCUT2D eigenvalue weighted by Gasteiger charge is 2.18. The van der Waals surface area contributed by atoms with Gasteiger partial charge >= 0.3 is 6.09 Å². The number of hydrogen-bond acceptors (Lipinski definition) is 4. The molecule has 0 aromatic heterocycles. The van der Waals surface area contributed by atoms with Gasteiger partial charge in [-0.2, -0.15) is 0 Å². The first-order chi connectivity index (χ1) is 8.49. The van der Waals surface area contributed by atoms with E-state index in [1.54, 1.807) is 20.8 Å². The molecule has 0 aliphatic rings. The fraction of sp³-hybridized carbons (Fsp3) is 0.364. The highest BCUT2D eigenvalue weighted by atomic mass is 35.7. The number of amides is 1. The number of halogens is 2. The Hall–Kier alpha value is -0.980. The highest BCUT2D eigenvalue weighted by molar-refractivity contribution is 8.13. The molecule has 0 heterocycles. The van der Waals surface area contributed by atoms with E-state index in [0.29, 0.717) is 0 Å². The zero-order chi connectivity index (χ0) is 14.8. The molecule has 1 aromatic rings. The summed E-state index contributed by atoms with van der Waals surface area (Å²) in [7, 11) is 1.32. The van der Waals surface area contributed by atoms with Crippen LogP contribution in [0.1, 0.15) is 20.8 Å². The van der Waals surface area contributed by atoms with E-state index in [1.807, 2.05) is 0 Å². The molecule has 0 spiro atoms. The largest absolute Gasteiger partial charge is 0.444 e. The zero-order valence-electron chi connectivity index (χ0n) is 10.5. The fourth-order valence-corrected chi connectivity index (χ4v) is 2.11. The number of carbonyl (C=O) groups excluding carboxylic acids is 1. The Morgan fingerprint density at radius 1 is 1.32 bits per heavy atom. The van der Waals surface area contributed by atoms with Gasteiger partial charge in [0.2, 0.25) is 0 Å². The number of nitrogens with one attached hydrogen (secondary N) is 1. The van der Waals surface area contributed by atoms with Gasteiger partial charge in [-0.15, -0.1) is 0 Å². The minimum Gasteiger partial charge on any atom is -0.444 e. The second-order valence-corrected chi connectivity index (χ2v) is 7.68. The Morgan fingerprint density at radius 2 is 1.89 bits per heavy atom. The lowest BCUT2D eigenvalue weighted by Crippen LogP contribution is -2.27. The van der Waals surface area contributed by atoms with Crippen LogP contribution in [0.4, 0.5) is 10.5 Å². The van der Waals surface area contributed by atoms with Crippen molar-refractivity contribution in [3.05, 3.63) is 23.2 Å². The van der Waals surface area contributed by atoms with Crippen LogP contribution in [0, 0.1) is 0 Å². The van der Waals surface area contributed by atoms with Gasteiger partial charge in [0.25, 0.3) is 9.05 Å². The van der Waals surface area contributed by atoms with E-state index < -0.39 is 20.7 Å². The highest BCUT2D eigenvalue weighted by Crippen LogP contribution is 2.27. The Labute approximate surface area is 121 Å². The molecule has 8 heteroatoms. The van der Waals surface area contributed by atoms with Crippen molar-refractivity contribution in [2.75, 3.05) is 5.32 Å². The van der Waals surface area contributed by atoms with Crippen molar-refractivity contribution < 1.29 is 17.9 Å². The first-order valence-electron chi connectivity index (χ1n) is 5.23. The Kier molecular flexibility index (Phi) is 4.71. The van der Waals surface area contributed by atoms with E-state index in [1.165, 1.54) is 12.1 Å². The van der Waals surface area contributed by atoms with Crippen LogP contribution in [0.5, 0.6) is 0 Å². The van der Waals surface area contributed by atoms with Crippen molar-refractivity contribution in [2.24, 2.45) is 0 Å². The molecule has 0 saturated carbocycles. The van der Waals surface area contributed by atoms with Crippen molar-refractivity contribution in [2.45, 2.75) is 31.3 Å². The van der Waals surface area contributed by atoms with Crippen LogP contribution in [0.2, 0.25) is 5.02 Å². The van der Waals surface area contributed by atoms with Gasteiger partial charge < -0.3 is 4.74 Å². The Morgan fingerprint density at radius 3 is 2.37 bits per heavy atom. The van der Waals surface area contributed by atoms with Crippen LogP contribution in [0.25, 0.3) is 0 Å². The molecule has 0 bridgehead atoms. The van der Waals surface area contributed by atoms with Crippen LogP contribution in [-0.2, 0) is 13.8 Å². The maximum absolute atomic E-state index is 11.6. The summed E-state index contributed by atoms with van der Waals surface area (Å²) in [6.07, 6.45) is -0.737. The van der Waals surface area contributed by atoms with E-state index in [2.05, 4.69) is 5.32 Å². The lowest BCUT2D eigenvalue weighted by Gasteiger charge is -2.20. The molecule has 106 valence electrons. The molecule has 1 amide bonds. The predicted octanol–water partition coefficient (Wildman–Crippen LogP) is 3.61. The van der Waals surface area contributed by atoms with Crippen LogP contribution >= 0.6 is 22.3 Å². The second kappa shape index (κ2) is 5.56. The van der Waals surface area contributed by atoms with Crippen LogP contribution in [-0.4, -0.2) is 20.1 Å². The number of rotatable bonds is 2. The molecule has 0 aliphatic carbocycles. The van der Waals surface area contributed by atoms with Crippen molar-refractivity contribution in [3.8, 4) is 0 Å². The van der Waals surface area contributed by atoms with Gasteiger partial charge in [-0.3, -0.25) is 5.32 Å². The molecule has 0 aliphatic heterocycles. The molecule has 5 nitrogen and oxygen atoms in total. The molecular weight excluding hydrogens is 313 g/mol. The summed E-state index contributed by atoms with van der Waals surface area (Å²) < 4.78 is 27.4. The molecule has 1 rings (SSSR count). The molecule has 0 unspecified atom stereocenters. The second-order valence-electron chi connectivity index (χ2n) is 4.71. The SMILES string of the molecule is CC(C)(C)OC(=O)Nc1cc(S(=O)(=O)Cl)ccc1Cl. The number of ether oxygens (including phenoxy) is 1. The average Bonchev–Trinajstić information content (AvgIpc) is 2.16. The van der Waals surface area contributed by atoms with Gasteiger partial charge in [0, 0.05) is 10.7 Å². The van der Waals surface area contributed by atoms with E-state index in [0.717, 1.165) is 6.07 Å². The average molecular weight is 326 g/mol. The lowest BCUT2D eigenvalue weighted by molar-refractivity contribution is 0.0636. The number of carbonyl (C=O) groups is 1. The quantitative estimate of drug-likeness (QED) is 0.843. The molecule has 0 fully saturated rings.